The van der Waals surface area contributed by atoms with Crippen molar-refractivity contribution in [3.63, 3.8) is 0 Å². The molecule has 2 heterocycles. The van der Waals surface area contributed by atoms with Crippen molar-refractivity contribution < 1.29 is 43.9 Å². The molecule has 0 saturated carbocycles. The summed E-state index contributed by atoms with van der Waals surface area (Å²) in [4.78, 5) is 27.0. The molecule has 3 rings (SSSR count). The highest BCUT2D eigenvalue weighted by molar-refractivity contribution is 6.30. The Kier molecular flexibility index (Phi) is 16.5. The molecule has 52 heavy (non-hydrogen) atoms. The zero-order chi connectivity index (χ0) is 38.8. The summed E-state index contributed by atoms with van der Waals surface area (Å²) in [5.74, 6) is -1.44. The van der Waals surface area contributed by atoms with E-state index < -0.39 is 53.4 Å². The van der Waals surface area contributed by atoms with Crippen LogP contribution in [0.3, 0.4) is 0 Å². The van der Waals surface area contributed by atoms with Gasteiger partial charge in [0, 0.05) is 50.5 Å². The van der Waals surface area contributed by atoms with E-state index in [1.54, 1.807) is 51.3 Å². The molecule has 3 unspecified atom stereocenters. The van der Waals surface area contributed by atoms with Crippen LogP contribution in [0.1, 0.15) is 79.7 Å². The Morgan fingerprint density at radius 3 is 2.50 bits per heavy atom. The summed E-state index contributed by atoms with van der Waals surface area (Å²) in [6, 6.07) is 7.12. The molecule has 12 heteroatoms. The molecule has 1 aromatic carbocycles. The average Bonchev–Trinajstić information content (AvgIpc) is 3.85. The topological polar surface area (TPSA) is 164 Å². The number of ether oxygens (including phenoxy) is 4. The van der Waals surface area contributed by atoms with Gasteiger partial charge in [-0.05, 0) is 69.4 Å². The highest BCUT2D eigenvalue weighted by atomic mass is 35.5. The number of allylic oxidation sites excluding steroid dienone is 2. The number of epoxide rings is 1. The van der Waals surface area contributed by atoms with Crippen molar-refractivity contribution in [3.05, 3.63) is 70.8 Å². The summed E-state index contributed by atoms with van der Waals surface area (Å²) in [5.41, 5.74) is 4.96. The van der Waals surface area contributed by atoms with Gasteiger partial charge >= 0.3 is 11.9 Å². The van der Waals surface area contributed by atoms with E-state index in [2.05, 4.69) is 18.7 Å². The smallest absolute Gasteiger partial charge is 0.309 e. The number of benzene rings is 1. The van der Waals surface area contributed by atoms with Gasteiger partial charge in [-0.1, -0.05) is 68.8 Å². The van der Waals surface area contributed by atoms with Crippen LogP contribution < -0.4 is 5.73 Å². The maximum Gasteiger partial charge on any atom is 0.309 e. The number of hydrogen-bond acceptors (Lipinski definition) is 11. The fourth-order valence-electron chi connectivity index (χ4n) is 7.21. The normalized spacial score (nSPS) is 31.1. The lowest BCUT2D eigenvalue weighted by molar-refractivity contribution is -0.157. The first-order valence-corrected chi connectivity index (χ1v) is 18.7. The quantitative estimate of drug-likeness (QED) is 0.0837. The Balaban J connectivity index is 1.96. The average molecular weight is 749 g/mol. The third-order valence-electron chi connectivity index (χ3n) is 10.2. The Hall–Kier alpha value is -2.61. The number of carbonyl (C=O) groups excluding carboxylic acids is 2. The molecule has 11 nitrogen and oxygen atoms in total. The molecule has 0 bridgehead atoms. The Morgan fingerprint density at radius 2 is 1.90 bits per heavy atom. The molecule has 1 saturated heterocycles. The summed E-state index contributed by atoms with van der Waals surface area (Å²) in [7, 11) is 1.70. The maximum atomic E-state index is 13.0. The van der Waals surface area contributed by atoms with E-state index >= 15 is 0 Å². The van der Waals surface area contributed by atoms with Crippen molar-refractivity contribution >= 4 is 23.5 Å². The fraction of sp³-hybridized carbons (Fsp3) is 0.650. The minimum absolute atomic E-state index is 0.00202. The van der Waals surface area contributed by atoms with Gasteiger partial charge in [0.15, 0.2) is 0 Å². The maximum absolute atomic E-state index is 13.0. The van der Waals surface area contributed by atoms with Crippen LogP contribution in [-0.2, 0) is 35.1 Å². The molecule has 292 valence electrons. The number of esters is 2. The van der Waals surface area contributed by atoms with Gasteiger partial charge < -0.3 is 40.0 Å². The van der Waals surface area contributed by atoms with Gasteiger partial charge in [-0.2, -0.15) is 0 Å². The first-order valence-electron chi connectivity index (χ1n) is 18.3. The molecule has 0 aliphatic carbocycles. The molecule has 1 fully saturated rings. The van der Waals surface area contributed by atoms with Crippen molar-refractivity contribution in [1.29, 1.82) is 0 Å². The number of hydrogen-bond donors (Lipinski definition) is 4. The third kappa shape index (κ3) is 12.5. The second-order valence-corrected chi connectivity index (χ2v) is 15.3. The van der Waals surface area contributed by atoms with Gasteiger partial charge in [0.25, 0.3) is 0 Å². The van der Waals surface area contributed by atoms with Crippen LogP contribution in [0.2, 0.25) is 5.02 Å². The molecule has 5 N–H and O–H groups in total. The van der Waals surface area contributed by atoms with Gasteiger partial charge in [-0.3, -0.25) is 14.5 Å². The third-order valence-corrected chi connectivity index (χ3v) is 10.5. The summed E-state index contributed by atoms with van der Waals surface area (Å²) in [6.45, 7) is 13.8. The summed E-state index contributed by atoms with van der Waals surface area (Å²) in [6.07, 6.45) is 6.19. The molecule has 0 radical (unpaired) electrons. The molecule has 0 spiro atoms. The van der Waals surface area contributed by atoms with Crippen LogP contribution in [0.25, 0.3) is 0 Å². The van der Waals surface area contributed by atoms with Crippen LogP contribution in [0.4, 0.5) is 0 Å². The van der Waals surface area contributed by atoms with E-state index in [-0.39, 0.29) is 43.5 Å². The number of nitrogens with two attached hydrogens (primary N) is 1. The molecule has 11 atom stereocenters. The molecule has 2 aliphatic rings. The number of rotatable bonds is 15. The van der Waals surface area contributed by atoms with Crippen LogP contribution in [0.5, 0.6) is 0 Å². The van der Waals surface area contributed by atoms with Crippen molar-refractivity contribution in [2.75, 3.05) is 20.2 Å². The number of nitrogens with zero attached hydrogens (tertiary/aromatic N) is 1. The SMILES string of the molecule is CC[C@H](OC)[C@@H](C)C1O[C@@H]1C(N(CCN)Cc1ccc(Cl)cc1)C(C)(O)/C=C/C=C(\C)[C@H]1OC(=O)C[C@H](O)CC[C@@](C)(O)[C@@H](OC(C)=O)/C=C/[C@@H]1C. The molecule has 0 amide bonds. The van der Waals surface area contributed by atoms with Crippen molar-refractivity contribution in [2.45, 2.75) is 135 Å². The minimum atomic E-state index is -1.47. The summed E-state index contributed by atoms with van der Waals surface area (Å²) >= 11 is 6.17. The number of aliphatic hydroxyl groups is 3. The molecular weight excluding hydrogens is 688 g/mol. The van der Waals surface area contributed by atoms with Crippen molar-refractivity contribution in [3.8, 4) is 0 Å². The largest absolute Gasteiger partial charge is 0.457 e. The monoisotopic (exact) mass is 748 g/mol. The Bertz CT molecular complexity index is 1390. The predicted molar refractivity (Wildman–Crippen MR) is 201 cm³/mol. The van der Waals surface area contributed by atoms with E-state index in [1.807, 2.05) is 38.1 Å². The number of aliphatic hydroxyl groups excluding tert-OH is 1. The molecular formula is C40H61ClN2O9. The van der Waals surface area contributed by atoms with Crippen LogP contribution in [0.15, 0.2) is 60.2 Å². The van der Waals surface area contributed by atoms with Crippen LogP contribution >= 0.6 is 11.6 Å². The number of methoxy groups -OCH3 is 1. The lowest BCUT2D eigenvalue weighted by atomic mass is 9.85. The van der Waals surface area contributed by atoms with Crippen molar-refractivity contribution in [1.82, 2.24) is 4.90 Å². The zero-order valence-electron chi connectivity index (χ0n) is 32.0. The second kappa shape index (κ2) is 19.6. The molecule has 0 aromatic heterocycles. The molecule has 1 aromatic rings. The first-order chi connectivity index (χ1) is 24.4. The predicted octanol–water partition coefficient (Wildman–Crippen LogP) is 4.88. The van der Waals surface area contributed by atoms with Gasteiger partial charge in [0.2, 0.25) is 0 Å². The van der Waals surface area contributed by atoms with Gasteiger partial charge in [0.05, 0.1) is 36.4 Å². The summed E-state index contributed by atoms with van der Waals surface area (Å²) < 4.78 is 23.4. The van der Waals surface area contributed by atoms with E-state index in [0.29, 0.717) is 30.2 Å². The summed E-state index contributed by atoms with van der Waals surface area (Å²) in [5, 5.41) is 34.6. The number of carbonyl (C=O) groups is 2. The van der Waals surface area contributed by atoms with E-state index in [0.717, 1.165) is 12.0 Å². The zero-order valence-corrected chi connectivity index (χ0v) is 32.8. The number of halogens is 1. The van der Waals surface area contributed by atoms with E-state index in [9.17, 15) is 24.9 Å². The standard InChI is InChI=1S/C40H61ClN2O9/c1-9-32(49-8)27(4)36-37(52-36)38(43(22-21-42)24-29-13-15-30(41)16-14-29)40(7,48)19-10-11-25(2)35-26(3)12-17-33(50-28(5)44)39(6,47)20-18-31(45)23-34(46)51-35/h10-17,19,26-27,31-33,35-38,45,47-48H,9,18,20-24,42H2,1-8H3/b17-12+,19-10+,25-11+/t26-,27+,31+,32-,33-,35+,36?,37-,38?,39+,40?/m0/s1. The van der Waals surface area contributed by atoms with Gasteiger partial charge in [-0.25, -0.2) is 0 Å². The minimum Gasteiger partial charge on any atom is -0.457 e. The Labute approximate surface area is 314 Å². The molecule has 2 aliphatic heterocycles. The Morgan fingerprint density at radius 1 is 1.23 bits per heavy atom. The van der Waals surface area contributed by atoms with E-state index in [1.165, 1.54) is 6.92 Å². The van der Waals surface area contributed by atoms with Crippen molar-refractivity contribution in [2.24, 2.45) is 17.6 Å². The second-order valence-electron chi connectivity index (χ2n) is 14.9. The lowest BCUT2D eigenvalue weighted by Gasteiger charge is -2.39. The van der Waals surface area contributed by atoms with E-state index in [4.69, 9.17) is 36.3 Å². The first kappa shape index (κ1) is 43.8. The number of cyclic esters (lactones) is 1. The highest BCUT2D eigenvalue weighted by Gasteiger charge is 2.56. The van der Waals surface area contributed by atoms with Gasteiger partial charge in [-0.15, -0.1) is 0 Å². The highest BCUT2D eigenvalue weighted by Crippen LogP contribution is 2.41. The van der Waals surface area contributed by atoms with Gasteiger partial charge in [0.1, 0.15) is 23.9 Å². The fourth-order valence-corrected chi connectivity index (χ4v) is 7.34. The van der Waals surface area contributed by atoms with Crippen LogP contribution in [0, 0.1) is 11.8 Å². The van der Waals surface area contributed by atoms with Crippen LogP contribution in [-0.4, -0.2) is 106 Å². The lowest BCUT2D eigenvalue weighted by Crippen LogP contribution is -2.55.